The van der Waals surface area contributed by atoms with Crippen LogP contribution < -0.4 is 9.47 Å². The van der Waals surface area contributed by atoms with E-state index < -0.39 is 0 Å². The minimum absolute atomic E-state index is 1.04. The summed E-state index contributed by atoms with van der Waals surface area (Å²) in [7, 11) is 4.24. The second-order valence-electron chi connectivity index (χ2n) is 7.70. The Morgan fingerprint density at radius 1 is 0.750 bits per heavy atom. The molecular formula is C25H37N2S+. The van der Waals surface area contributed by atoms with E-state index in [1.54, 1.807) is 0 Å². The van der Waals surface area contributed by atoms with Gasteiger partial charge in [-0.3, -0.25) is 0 Å². The van der Waals surface area contributed by atoms with E-state index in [4.69, 9.17) is 0 Å². The van der Waals surface area contributed by atoms with E-state index in [-0.39, 0.29) is 0 Å². The second kappa shape index (κ2) is 13.4. The normalized spacial score (nSPS) is 11.2. The predicted octanol–water partition coefficient (Wildman–Crippen LogP) is 6.17. The molecule has 0 unspecified atom stereocenters. The van der Waals surface area contributed by atoms with E-state index in [9.17, 15) is 0 Å². The summed E-state index contributed by atoms with van der Waals surface area (Å²) in [5.41, 5.74) is 3.76. The van der Waals surface area contributed by atoms with Crippen molar-refractivity contribution in [1.82, 2.24) is 0 Å². The number of aryl methyl sites for hydroxylation is 1. The maximum atomic E-state index is 4.27. The molecule has 2 aromatic rings. The number of hydrogen-bond donors (Lipinski definition) is 1. The zero-order chi connectivity index (χ0) is 20.0. The molecule has 1 heterocycles. The zero-order valence-electron chi connectivity index (χ0n) is 17.7. The molecule has 0 bridgehead atoms. The van der Waals surface area contributed by atoms with Gasteiger partial charge in [0.25, 0.3) is 0 Å². The Morgan fingerprint density at radius 2 is 1.25 bits per heavy atom. The lowest BCUT2D eigenvalue weighted by molar-refractivity contribution is -0.671. The highest BCUT2D eigenvalue weighted by Gasteiger charge is 2.01. The van der Waals surface area contributed by atoms with Crippen molar-refractivity contribution in [3.05, 3.63) is 59.9 Å². The molecule has 152 valence electrons. The van der Waals surface area contributed by atoms with E-state index >= 15 is 0 Å². The van der Waals surface area contributed by atoms with Gasteiger partial charge in [0.15, 0.2) is 12.4 Å². The van der Waals surface area contributed by atoms with Gasteiger partial charge in [-0.05, 0) is 41.9 Å². The lowest BCUT2D eigenvalue weighted by Gasteiger charge is -2.19. The van der Waals surface area contributed by atoms with E-state index in [1.807, 2.05) is 11.6 Å². The number of unbranched alkanes of at least 4 members (excludes halogenated alkanes) is 7. The smallest absolute Gasteiger partial charge is 0.169 e. The van der Waals surface area contributed by atoms with E-state index in [0.29, 0.717) is 0 Å². The molecule has 0 fully saturated rings. The number of hydrogen-bond acceptors (Lipinski definition) is 2. The monoisotopic (exact) mass is 397 g/mol. The minimum atomic E-state index is 1.04. The van der Waals surface area contributed by atoms with Crippen LogP contribution in [-0.4, -0.2) is 19.3 Å². The van der Waals surface area contributed by atoms with Crippen LogP contribution in [0.25, 0.3) is 12.2 Å². The van der Waals surface area contributed by atoms with Crippen LogP contribution in [0.2, 0.25) is 0 Å². The van der Waals surface area contributed by atoms with Gasteiger partial charge in [0, 0.05) is 31.4 Å². The number of thiol groups is 1. The fraction of sp³-hybridized carbons (Fsp3) is 0.480. The van der Waals surface area contributed by atoms with E-state index in [0.717, 1.165) is 12.3 Å². The van der Waals surface area contributed by atoms with Gasteiger partial charge < -0.3 is 4.90 Å². The molecule has 0 saturated heterocycles. The molecule has 0 aliphatic heterocycles. The summed E-state index contributed by atoms with van der Waals surface area (Å²) in [4.78, 5) is 2.37. The van der Waals surface area contributed by atoms with Gasteiger partial charge in [0.05, 0.1) is 0 Å². The maximum absolute atomic E-state index is 4.27. The van der Waals surface area contributed by atoms with Gasteiger partial charge in [-0.15, -0.1) is 0 Å². The average Bonchev–Trinajstić information content (AvgIpc) is 2.72. The Bertz CT molecular complexity index is 677. The lowest BCUT2D eigenvalue weighted by Crippen LogP contribution is -2.25. The Morgan fingerprint density at radius 3 is 1.82 bits per heavy atom. The average molecular weight is 398 g/mol. The van der Waals surface area contributed by atoms with Gasteiger partial charge in [0.2, 0.25) is 0 Å². The highest BCUT2D eigenvalue weighted by Crippen LogP contribution is 2.17. The van der Waals surface area contributed by atoms with Gasteiger partial charge in [-0.25, -0.2) is 4.57 Å². The number of anilines is 1. The number of nitrogens with zero attached hydrogens (tertiary/aromatic N) is 2. The molecule has 28 heavy (non-hydrogen) atoms. The first-order valence-corrected chi connectivity index (χ1v) is 11.4. The molecule has 0 aliphatic carbocycles. The fourth-order valence-corrected chi connectivity index (χ4v) is 3.53. The predicted molar refractivity (Wildman–Crippen MR) is 127 cm³/mol. The summed E-state index contributed by atoms with van der Waals surface area (Å²) in [5, 5.41) is 0. The van der Waals surface area contributed by atoms with Crippen LogP contribution in [0.1, 0.15) is 62.5 Å². The Hall–Kier alpha value is -1.74. The van der Waals surface area contributed by atoms with Gasteiger partial charge >= 0.3 is 0 Å². The third-order valence-corrected chi connectivity index (χ3v) is 5.52. The van der Waals surface area contributed by atoms with Gasteiger partial charge in [-0.2, -0.15) is 12.6 Å². The summed E-state index contributed by atoms with van der Waals surface area (Å²) < 4.78 is 2.05. The number of pyridine rings is 1. The summed E-state index contributed by atoms with van der Waals surface area (Å²) in [6.07, 6.45) is 19.2. The molecule has 0 saturated carbocycles. The van der Waals surface area contributed by atoms with Crippen LogP contribution in [-0.2, 0) is 7.05 Å². The van der Waals surface area contributed by atoms with Crippen molar-refractivity contribution in [1.29, 1.82) is 0 Å². The van der Waals surface area contributed by atoms with Gasteiger partial charge in [0.1, 0.15) is 7.05 Å². The standard InChI is InChI=1S/C25H36N2S/c1-26-20-17-24(18-21-26)12-11-23-13-15-25(16-14-23)27(2)19-9-7-5-3-4-6-8-10-22-28/h11-18,20-21H,3-10,19,22H2,1-2H3/p+1. The molecule has 0 atom stereocenters. The van der Waals surface area contributed by atoms with Crippen molar-refractivity contribution in [3.63, 3.8) is 0 Å². The summed E-state index contributed by atoms with van der Waals surface area (Å²) in [5.74, 6) is 1.04. The Kier molecular flexibility index (Phi) is 10.8. The summed E-state index contributed by atoms with van der Waals surface area (Å²) >= 11 is 4.27. The third kappa shape index (κ3) is 8.97. The van der Waals surface area contributed by atoms with Crippen LogP contribution >= 0.6 is 12.6 Å². The third-order valence-electron chi connectivity index (χ3n) is 5.21. The first kappa shape index (κ1) is 22.5. The minimum Gasteiger partial charge on any atom is -0.375 e. The van der Waals surface area contributed by atoms with Crippen molar-refractivity contribution in [2.24, 2.45) is 7.05 Å². The molecule has 0 radical (unpaired) electrons. The van der Waals surface area contributed by atoms with Crippen LogP contribution in [0.3, 0.4) is 0 Å². The highest BCUT2D eigenvalue weighted by atomic mass is 32.1. The van der Waals surface area contributed by atoms with Gasteiger partial charge in [-0.1, -0.05) is 62.8 Å². The van der Waals surface area contributed by atoms with Crippen LogP contribution in [0.5, 0.6) is 0 Å². The number of rotatable bonds is 13. The zero-order valence-corrected chi connectivity index (χ0v) is 18.6. The molecule has 3 heteroatoms. The second-order valence-corrected chi connectivity index (χ2v) is 8.14. The molecule has 0 amide bonds. The first-order chi connectivity index (χ1) is 13.7. The van der Waals surface area contributed by atoms with E-state index in [2.05, 4.69) is 85.5 Å². The maximum Gasteiger partial charge on any atom is 0.169 e. The first-order valence-electron chi connectivity index (χ1n) is 10.7. The quantitative estimate of drug-likeness (QED) is 0.241. The van der Waals surface area contributed by atoms with Crippen LogP contribution in [0, 0.1) is 0 Å². The van der Waals surface area contributed by atoms with Crippen molar-refractivity contribution in [2.75, 3.05) is 24.2 Å². The Labute approximate surface area is 177 Å². The molecule has 1 aromatic heterocycles. The number of aromatic nitrogens is 1. The highest BCUT2D eigenvalue weighted by molar-refractivity contribution is 7.80. The molecule has 0 aliphatic rings. The fourth-order valence-electron chi connectivity index (χ4n) is 3.31. The number of benzene rings is 1. The van der Waals surface area contributed by atoms with Crippen LogP contribution in [0.4, 0.5) is 5.69 Å². The van der Waals surface area contributed by atoms with Crippen molar-refractivity contribution < 1.29 is 4.57 Å². The van der Waals surface area contributed by atoms with Crippen molar-refractivity contribution in [2.45, 2.75) is 51.4 Å². The van der Waals surface area contributed by atoms with Crippen molar-refractivity contribution in [3.8, 4) is 0 Å². The summed E-state index contributed by atoms with van der Waals surface area (Å²) in [6.45, 7) is 1.13. The van der Waals surface area contributed by atoms with E-state index in [1.165, 1.54) is 68.2 Å². The molecule has 2 nitrogen and oxygen atoms in total. The topological polar surface area (TPSA) is 7.12 Å². The molecular weight excluding hydrogens is 360 g/mol. The summed E-state index contributed by atoms with van der Waals surface area (Å²) in [6, 6.07) is 13.1. The largest absolute Gasteiger partial charge is 0.375 e. The van der Waals surface area contributed by atoms with Crippen molar-refractivity contribution >= 4 is 30.5 Å². The molecule has 1 aromatic carbocycles. The molecule has 0 spiro atoms. The molecule has 2 rings (SSSR count). The van der Waals surface area contributed by atoms with Crippen LogP contribution in [0.15, 0.2) is 48.8 Å². The molecule has 0 N–H and O–H groups in total. The SMILES string of the molecule is CN(CCCCCCCCCCS)c1ccc(/C=C/c2cc[n+](C)cc2)cc1. The Balaban J connectivity index is 1.65. The lowest BCUT2D eigenvalue weighted by atomic mass is 10.1.